The van der Waals surface area contributed by atoms with Crippen LogP contribution in [0.15, 0.2) is 72.2 Å². The SMILES string of the molecule is CC(=O)O.CCNC(=O)[C@@H]1CCCN1C(=O)[C@H](CCCN=C(N)N)NC(=O)[C@H](CC(C)C)NC(=O)[C@@H](CC(C)C)NC(=O)[C@H](Cc1ccc(O)cc1)NC(=O)[C@H](CO)NC(=O)[C@H](Cc1c[nH]c2ccccc12)NC(=O)[C@H](Cc1cnc[nH]1)NC(=O)[C@@H](N)CCC(N)=O. The van der Waals surface area contributed by atoms with Gasteiger partial charge >= 0.3 is 0 Å². The molecule has 1 aliphatic heterocycles. The molecule has 0 spiro atoms. The number of aliphatic carboxylic acids is 1. The van der Waals surface area contributed by atoms with Crippen molar-refractivity contribution >= 4 is 81.9 Å². The van der Waals surface area contributed by atoms with E-state index in [2.05, 4.69) is 62.5 Å². The number of aromatic nitrogens is 3. The fourth-order valence-electron chi connectivity index (χ4n) is 10.1. The molecule has 1 fully saturated rings. The van der Waals surface area contributed by atoms with Crippen LogP contribution in [0, 0.1) is 11.8 Å². The molecule has 4 aromatic rings. The Morgan fingerprint density at radius 1 is 0.685 bits per heavy atom. The number of nitrogens with one attached hydrogen (secondary N) is 10. The highest BCUT2D eigenvalue weighted by Crippen LogP contribution is 2.22. The van der Waals surface area contributed by atoms with Crippen LogP contribution in [0.4, 0.5) is 0 Å². The first-order valence-corrected chi connectivity index (χ1v) is 30.5. The van der Waals surface area contributed by atoms with Gasteiger partial charge in [0, 0.05) is 81.2 Å². The predicted molar refractivity (Wildman–Crippen MR) is 339 cm³/mol. The number of aromatic amines is 2. The van der Waals surface area contributed by atoms with Crippen molar-refractivity contribution in [1.29, 1.82) is 0 Å². The van der Waals surface area contributed by atoms with Crippen LogP contribution in [0.25, 0.3) is 10.9 Å². The van der Waals surface area contributed by atoms with Crippen molar-refractivity contribution in [2.75, 3.05) is 26.2 Å². The van der Waals surface area contributed by atoms with Gasteiger partial charge in [-0.2, -0.15) is 0 Å². The van der Waals surface area contributed by atoms with E-state index >= 15 is 0 Å². The number of aliphatic imine (C=N–C) groups is 1. The van der Waals surface area contributed by atoms with Gasteiger partial charge in [0.05, 0.1) is 19.0 Å². The number of imidazole rings is 1. The molecule has 92 heavy (non-hydrogen) atoms. The molecule has 9 atom stereocenters. The molecular formula is C61H91N17O14. The number of phenols is 1. The largest absolute Gasteiger partial charge is 0.508 e. The number of carbonyl (C=O) groups excluding carboxylic acids is 10. The maximum absolute atomic E-state index is 14.7. The summed E-state index contributed by atoms with van der Waals surface area (Å²) in [5.41, 5.74) is 24.5. The van der Waals surface area contributed by atoms with E-state index in [-0.39, 0.29) is 100 Å². The fourth-order valence-corrected chi connectivity index (χ4v) is 10.1. The van der Waals surface area contributed by atoms with Crippen molar-refractivity contribution in [2.24, 2.45) is 39.8 Å². The van der Waals surface area contributed by atoms with Gasteiger partial charge in [0.2, 0.25) is 59.1 Å². The van der Waals surface area contributed by atoms with Crippen LogP contribution in [0.2, 0.25) is 0 Å². The summed E-state index contributed by atoms with van der Waals surface area (Å²) < 4.78 is 0. The summed E-state index contributed by atoms with van der Waals surface area (Å²) in [6.07, 6.45) is 4.95. The van der Waals surface area contributed by atoms with Crippen LogP contribution in [0.1, 0.15) is 110 Å². The third kappa shape index (κ3) is 25.0. The number of carboxylic acid groups (broad SMARTS) is 1. The minimum absolute atomic E-state index is 0.0307. The number of nitrogens with two attached hydrogens (primary N) is 4. The van der Waals surface area contributed by atoms with Gasteiger partial charge in [-0.25, -0.2) is 4.98 Å². The summed E-state index contributed by atoms with van der Waals surface area (Å²) in [6.45, 7) is 9.85. The first-order valence-electron chi connectivity index (χ1n) is 30.5. The van der Waals surface area contributed by atoms with E-state index in [1.807, 2.05) is 13.8 Å². The second kappa shape index (κ2) is 37.5. The third-order valence-electron chi connectivity index (χ3n) is 14.6. The summed E-state index contributed by atoms with van der Waals surface area (Å²) in [4.78, 5) is 163. The van der Waals surface area contributed by atoms with Crippen LogP contribution < -0.4 is 65.5 Å². The minimum atomic E-state index is -1.77. The molecular weight excluding hydrogens is 1190 g/mol. The molecule has 1 aliphatic rings. The van der Waals surface area contributed by atoms with E-state index in [0.29, 0.717) is 47.1 Å². The van der Waals surface area contributed by atoms with E-state index in [9.17, 15) is 58.2 Å². The number of H-pyrrole nitrogens is 2. The maximum atomic E-state index is 14.7. The molecule has 3 heterocycles. The number of aliphatic hydroxyl groups excluding tert-OH is 1. The molecule has 2 aromatic carbocycles. The highest BCUT2D eigenvalue weighted by molar-refractivity contribution is 5.99. The Hall–Kier alpha value is -9.65. The van der Waals surface area contributed by atoms with Gasteiger partial charge in [-0.3, -0.25) is 57.7 Å². The number of primary amides is 1. The van der Waals surface area contributed by atoms with E-state index in [0.717, 1.165) is 6.92 Å². The van der Waals surface area contributed by atoms with Gasteiger partial charge in [-0.1, -0.05) is 58.0 Å². The topological polar surface area (TPSA) is 509 Å². The summed E-state index contributed by atoms with van der Waals surface area (Å²) in [7, 11) is 0. The Balaban J connectivity index is 0.00000438. The lowest BCUT2D eigenvalue weighted by atomic mass is 9.98. The summed E-state index contributed by atoms with van der Waals surface area (Å²) >= 11 is 0. The average molecular weight is 1290 g/mol. The van der Waals surface area contributed by atoms with Gasteiger partial charge in [0.25, 0.3) is 5.97 Å². The number of carbonyl (C=O) groups is 11. The maximum Gasteiger partial charge on any atom is 0.300 e. The normalized spacial score (nSPS) is 15.3. The number of carboxylic acids is 1. The van der Waals surface area contributed by atoms with Crippen LogP contribution in [0.3, 0.4) is 0 Å². The van der Waals surface area contributed by atoms with Gasteiger partial charge in [-0.15, -0.1) is 0 Å². The zero-order valence-corrected chi connectivity index (χ0v) is 52.8. The Bertz CT molecular complexity index is 3150. The van der Waals surface area contributed by atoms with Crippen molar-refractivity contribution < 1.29 is 68.1 Å². The molecule has 5 rings (SSSR count). The van der Waals surface area contributed by atoms with Crippen LogP contribution in [-0.2, 0) is 72.0 Å². The fraction of sp³-hybridized carbons (Fsp3) is 0.525. The highest BCUT2D eigenvalue weighted by atomic mass is 16.4. The predicted octanol–water partition coefficient (Wildman–Crippen LogP) is -2.03. The summed E-state index contributed by atoms with van der Waals surface area (Å²) in [5.74, 6) is -9.08. The van der Waals surface area contributed by atoms with Gasteiger partial charge in [0.1, 0.15) is 54.1 Å². The highest BCUT2D eigenvalue weighted by Gasteiger charge is 2.40. The van der Waals surface area contributed by atoms with Crippen LogP contribution in [0.5, 0.6) is 5.75 Å². The number of hydrogen-bond acceptors (Lipinski definition) is 16. The minimum Gasteiger partial charge on any atom is -0.508 e. The number of aromatic hydroxyl groups is 1. The van der Waals surface area contributed by atoms with Crippen molar-refractivity contribution in [1.82, 2.24) is 62.4 Å². The molecule has 31 heteroatoms. The molecule has 1 saturated heterocycles. The summed E-state index contributed by atoms with van der Waals surface area (Å²) in [5, 5.41) is 50.5. The molecule has 0 radical (unpaired) electrons. The Morgan fingerprint density at radius 3 is 1.75 bits per heavy atom. The zero-order valence-electron chi connectivity index (χ0n) is 52.8. The number of nitrogens with zero attached hydrogens (tertiary/aromatic N) is 3. The van der Waals surface area contributed by atoms with Gasteiger partial charge < -0.3 is 95.7 Å². The second-order valence-electron chi connectivity index (χ2n) is 23.2. The number of benzene rings is 2. The lowest BCUT2D eigenvalue weighted by molar-refractivity contribution is -0.142. The van der Waals surface area contributed by atoms with Crippen LogP contribution in [-0.4, -0.2) is 187 Å². The first kappa shape index (κ1) is 74.8. The number of phenolic OH excluding ortho intramolecular Hbond substituents is 1. The lowest BCUT2D eigenvalue weighted by Crippen LogP contribution is -2.61. The molecule has 21 N–H and O–H groups in total. The molecule has 0 aliphatic carbocycles. The van der Waals surface area contributed by atoms with E-state index in [1.54, 1.807) is 51.2 Å². The van der Waals surface area contributed by atoms with E-state index in [1.165, 1.54) is 41.7 Å². The van der Waals surface area contributed by atoms with Crippen LogP contribution >= 0.6 is 0 Å². The molecule has 504 valence electrons. The number of amides is 10. The molecule has 0 bridgehead atoms. The number of aliphatic hydroxyl groups is 1. The Labute approximate surface area is 532 Å². The number of fused-ring (bicyclic) bond motifs is 1. The van der Waals surface area contributed by atoms with Crippen molar-refractivity contribution in [2.45, 2.75) is 167 Å². The quantitative estimate of drug-likeness (QED) is 0.0134. The van der Waals surface area contributed by atoms with Gasteiger partial charge in [0.15, 0.2) is 5.96 Å². The zero-order chi connectivity index (χ0) is 68.2. The molecule has 0 saturated carbocycles. The molecule has 31 nitrogen and oxygen atoms in total. The van der Waals surface area contributed by atoms with Crippen molar-refractivity contribution in [3.63, 3.8) is 0 Å². The number of likely N-dealkylation sites (N-methyl/N-ethyl adjacent to an activating group) is 1. The van der Waals surface area contributed by atoms with Gasteiger partial charge in [-0.05, 0) is 93.0 Å². The number of hydrogen-bond donors (Lipinski definition) is 17. The summed E-state index contributed by atoms with van der Waals surface area (Å²) in [6, 6.07) is 0.981. The molecule has 0 unspecified atom stereocenters. The molecule has 10 amide bonds. The Kier molecular flexibility index (Phi) is 30.5. The molecule has 2 aromatic heterocycles. The number of guanidine groups is 1. The van der Waals surface area contributed by atoms with Crippen molar-refractivity contribution in [3.8, 4) is 5.75 Å². The first-order chi connectivity index (χ1) is 43.6. The number of likely N-dealkylation sites (tertiary alicyclic amines) is 1. The third-order valence-corrected chi connectivity index (χ3v) is 14.6. The number of para-hydroxylation sites is 1. The number of rotatable bonds is 35. The Morgan fingerprint density at radius 2 is 1.21 bits per heavy atom. The second-order valence-corrected chi connectivity index (χ2v) is 23.2. The van der Waals surface area contributed by atoms with E-state index in [4.69, 9.17) is 32.8 Å². The standard InChI is InChI=1S/C59H87N17O12.C2H4O2/c1-6-65-57(87)48-14-10-22-76(48)58(88)41(13-9-21-66-59(62)63)69-51(81)42(23-32(2)3)71-52(82)43(24-33(4)5)72-53(83)44(25-34-15-17-37(78)18-16-34)73-56(86)47(30-77)75-54(84)45(26-35-28-67-40-12-8-7-11-38(35)40)74-55(85)46(27-36-29-64-31-68-36)70-50(80)39(60)19-20-49(61)79;1-2(3)4/h7-8,11-12,15-18,28-29,31-33,39,41-48,67,77-78H,6,9-10,13-14,19-27,30,60H2,1-5H3,(H2,61,79)(H,64,68)(H,65,87)(H,69,81)(H,70,80)(H,71,82)(H,72,83)(H,73,86)(H,74,85)(H,75,84)(H4,62,63,66);1H3,(H,3,4)/t39-,41-,42-,43+,44-,45-,46-,47-,48-;/m0./s1. The smallest absolute Gasteiger partial charge is 0.300 e. The lowest BCUT2D eigenvalue weighted by Gasteiger charge is -2.31. The monoisotopic (exact) mass is 1290 g/mol. The van der Waals surface area contributed by atoms with E-state index < -0.39 is 120 Å². The van der Waals surface area contributed by atoms with Crippen molar-refractivity contribution in [3.05, 3.63) is 84.1 Å². The average Bonchev–Trinajstić information content (AvgIpc) is 1.66.